The Morgan fingerprint density at radius 3 is 2.16 bits per heavy atom. The summed E-state index contributed by atoms with van der Waals surface area (Å²) in [6, 6.07) is 14.6. The van der Waals surface area contributed by atoms with E-state index in [1.165, 1.54) is 9.80 Å². The van der Waals surface area contributed by atoms with Gasteiger partial charge in [0.2, 0.25) is 5.91 Å². The first kappa shape index (κ1) is 25.3. The fourth-order valence-corrected chi connectivity index (χ4v) is 5.97. The molecule has 0 saturated carbocycles. The summed E-state index contributed by atoms with van der Waals surface area (Å²) in [6.45, 7) is 6.49. The normalized spacial score (nSPS) is 23.2. The van der Waals surface area contributed by atoms with Crippen molar-refractivity contribution in [3.05, 3.63) is 59.7 Å². The molecule has 2 heterocycles. The number of benzene rings is 2. The van der Waals surface area contributed by atoms with Crippen LogP contribution in [0.3, 0.4) is 0 Å². The Hall–Kier alpha value is -3.39. The molecule has 3 atom stereocenters. The van der Waals surface area contributed by atoms with Crippen molar-refractivity contribution in [2.24, 2.45) is 0 Å². The van der Waals surface area contributed by atoms with Gasteiger partial charge in [0.1, 0.15) is 18.7 Å². The fourth-order valence-electron chi connectivity index (χ4n) is 5.97. The minimum absolute atomic E-state index is 0.0709. The third kappa shape index (κ3) is 4.94. The van der Waals surface area contributed by atoms with Gasteiger partial charge in [-0.25, -0.2) is 9.59 Å². The number of hydrogen-bond donors (Lipinski definition) is 1. The summed E-state index contributed by atoms with van der Waals surface area (Å²) < 4.78 is 11.8. The van der Waals surface area contributed by atoms with Crippen molar-refractivity contribution in [3.63, 3.8) is 0 Å². The first-order chi connectivity index (χ1) is 17.6. The number of aliphatic carboxylic acids is 1. The molecule has 8 heteroatoms. The molecule has 0 radical (unpaired) electrons. The van der Waals surface area contributed by atoms with Crippen molar-refractivity contribution in [2.45, 2.75) is 69.7 Å². The number of carbonyl (C=O) groups excluding carboxylic acids is 2. The Labute approximate surface area is 217 Å². The van der Waals surface area contributed by atoms with E-state index in [-0.39, 0.29) is 37.5 Å². The summed E-state index contributed by atoms with van der Waals surface area (Å²) in [5.74, 6) is -1.48. The molecule has 37 heavy (non-hydrogen) atoms. The summed E-state index contributed by atoms with van der Waals surface area (Å²) in [6.07, 6.45) is 0.474. The van der Waals surface area contributed by atoms with Crippen LogP contribution in [-0.2, 0) is 19.1 Å². The van der Waals surface area contributed by atoms with Gasteiger partial charge in [0.15, 0.2) is 0 Å². The van der Waals surface area contributed by atoms with Crippen LogP contribution in [0.1, 0.15) is 57.1 Å². The highest BCUT2D eigenvalue weighted by molar-refractivity contribution is 5.90. The molecule has 0 spiro atoms. The van der Waals surface area contributed by atoms with Gasteiger partial charge in [0, 0.05) is 25.4 Å². The van der Waals surface area contributed by atoms with Crippen molar-refractivity contribution in [2.75, 3.05) is 19.7 Å². The number of rotatable bonds is 5. The Kier molecular flexibility index (Phi) is 6.70. The SMILES string of the molecule is CC(C)(C)O[C@@H]1C[C@@H](C(=O)O)N(C(=O)[C@@H]2CCCN2C(=O)OCC2c3ccccc3-c3ccccc32)C1. The minimum Gasteiger partial charge on any atom is -0.480 e. The molecular formula is C29H34N2O6. The van der Waals surface area contributed by atoms with Gasteiger partial charge in [-0.3, -0.25) is 9.69 Å². The molecule has 8 nitrogen and oxygen atoms in total. The van der Waals surface area contributed by atoms with Gasteiger partial charge in [-0.05, 0) is 55.9 Å². The van der Waals surface area contributed by atoms with Crippen LogP contribution in [0.15, 0.2) is 48.5 Å². The van der Waals surface area contributed by atoms with E-state index in [9.17, 15) is 19.5 Å². The third-order valence-corrected chi connectivity index (χ3v) is 7.46. The van der Waals surface area contributed by atoms with Gasteiger partial charge < -0.3 is 19.5 Å². The van der Waals surface area contributed by atoms with E-state index < -0.39 is 29.7 Å². The van der Waals surface area contributed by atoms with E-state index in [2.05, 4.69) is 24.3 Å². The number of likely N-dealkylation sites (tertiary alicyclic amines) is 2. The molecule has 2 fully saturated rings. The Morgan fingerprint density at radius 2 is 1.57 bits per heavy atom. The van der Waals surface area contributed by atoms with Crippen molar-refractivity contribution < 1.29 is 29.0 Å². The van der Waals surface area contributed by atoms with Gasteiger partial charge in [-0.2, -0.15) is 0 Å². The maximum Gasteiger partial charge on any atom is 0.410 e. The maximum atomic E-state index is 13.5. The molecule has 0 bridgehead atoms. The van der Waals surface area contributed by atoms with Crippen LogP contribution in [0, 0.1) is 0 Å². The highest BCUT2D eigenvalue weighted by Gasteiger charge is 2.46. The first-order valence-electron chi connectivity index (χ1n) is 13.0. The number of hydrogen-bond acceptors (Lipinski definition) is 5. The van der Waals surface area contributed by atoms with E-state index in [4.69, 9.17) is 9.47 Å². The number of carboxylic acids is 1. The quantitative estimate of drug-likeness (QED) is 0.651. The molecule has 2 saturated heterocycles. The van der Waals surface area contributed by atoms with Crippen LogP contribution in [0.2, 0.25) is 0 Å². The van der Waals surface area contributed by atoms with Gasteiger partial charge in [0.05, 0.1) is 11.7 Å². The molecule has 1 aliphatic carbocycles. The summed E-state index contributed by atoms with van der Waals surface area (Å²) in [7, 11) is 0. The zero-order valence-electron chi connectivity index (χ0n) is 21.6. The maximum absolute atomic E-state index is 13.5. The number of carboxylic acid groups (broad SMARTS) is 1. The van der Waals surface area contributed by atoms with Gasteiger partial charge >= 0.3 is 12.1 Å². The Morgan fingerprint density at radius 1 is 0.946 bits per heavy atom. The van der Waals surface area contributed by atoms with Gasteiger partial charge in [-0.1, -0.05) is 48.5 Å². The van der Waals surface area contributed by atoms with Crippen LogP contribution in [0.25, 0.3) is 11.1 Å². The minimum atomic E-state index is -1.06. The standard InChI is InChI=1S/C29H34N2O6/c1-29(2,3)37-18-15-25(27(33)34)31(16-18)26(32)24-13-8-14-30(24)28(35)36-17-23-21-11-6-4-9-19(21)20-10-5-7-12-22(20)23/h4-7,9-12,18,23-25H,8,13-17H2,1-3H3,(H,33,34)/t18-,24+,25+/m1/s1. The molecule has 0 aromatic heterocycles. The molecule has 0 unspecified atom stereocenters. The lowest BCUT2D eigenvalue weighted by Gasteiger charge is -2.30. The van der Waals surface area contributed by atoms with Crippen molar-refractivity contribution >= 4 is 18.0 Å². The lowest BCUT2D eigenvalue weighted by molar-refractivity contribution is -0.149. The molecule has 2 amide bonds. The van der Waals surface area contributed by atoms with E-state index in [0.717, 1.165) is 22.3 Å². The number of amides is 2. The van der Waals surface area contributed by atoms with Crippen molar-refractivity contribution in [1.29, 1.82) is 0 Å². The predicted molar refractivity (Wildman–Crippen MR) is 137 cm³/mol. The number of ether oxygens (including phenoxy) is 2. The highest BCUT2D eigenvalue weighted by Crippen LogP contribution is 2.44. The molecule has 5 rings (SSSR count). The summed E-state index contributed by atoms with van der Waals surface area (Å²) in [5, 5.41) is 9.78. The van der Waals surface area contributed by atoms with E-state index in [0.29, 0.717) is 19.4 Å². The predicted octanol–water partition coefficient (Wildman–Crippen LogP) is 4.27. The van der Waals surface area contributed by atoms with Crippen molar-refractivity contribution in [3.8, 4) is 11.1 Å². The van der Waals surface area contributed by atoms with Crippen LogP contribution >= 0.6 is 0 Å². The molecule has 2 aromatic rings. The second-order valence-corrected chi connectivity index (χ2v) is 11.1. The van der Waals surface area contributed by atoms with Crippen LogP contribution in [0.4, 0.5) is 4.79 Å². The lowest BCUT2D eigenvalue weighted by atomic mass is 9.98. The largest absolute Gasteiger partial charge is 0.480 e. The summed E-state index contributed by atoms with van der Waals surface area (Å²) in [5.41, 5.74) is 4.09. The molecule has 2 aliphatic heterocycles. The Balaban J connectivity index is 1.28. The molecular weight excluding hydrogens is 472 g/mol. The van der Waals surface area contributed by atoms with E-state index >= 15 is 0 Å². The monoisotopic (exact) mass is 506 g/mol. The molecule has 2 aromatic carbocycles. The summed E-state index contributed by atoms with van der Waals surface area (Å²) >= 11 is 0. The van der Waals surface area contributed by atoms with Crippen LogP contribution in [0.5, 0.6) is 0 Å². The Bertz CT molecular complexity index is 1160. The number of nitrogens with zero attached hydrogens (tertiary/aromatic N) is 2. The molecule has 3 aliphatic rings. The second kappa shape index (κ2) is 9.82. The van der Waals surface area contributed by atoms with E-state index in [1.807, 2.05) is 45.0 Å². The molecule has 1 N–H and O–H groups in total. The molecule has 196 valence electrons. The number of fused-ring (bicyclic) bond motifs is 3. The zero-order chi connectivity index (χ0) is 26.3. The number of carbonyl (C=O) groups is 3. The smallest absolute Gasteiger partial charge is 0.410 e. The van der Waals surface area contributed by atoms with E-state index in [1.54, 1.807) is 0 Å². The first-order valence-corrected chi connectivity index (χ1v) is 13.0. The average Bonchev–Trinajstić information content (AvgIpc) is 3.57. The van der Waals surface area contributed by atoms with Crippen LogP contribution in [-0.4, -0.2) is 76.4 Å². The van der Waals surface area contributed by atoms with Crippen LogP contribution < -0.4 is 0 Å². The van der Waals surface area contributed by atoms with Crippen molar-refractivity contribution in [1.82, 2.24) is 9.80 Å². The average molecular weight is 507 g/mol. The summed E-state index contributed by atoms with van der Waals surface area (Å²) in [4.78, 5) is 41.5. The second-order valence-electron chi connectivity index (χ2n) is 11.1. The van der Waals surface area contributed by atoms with Gasteiger partial charge in [-0.15, -0.1) is 0 Å². The fraction of sp³-hybridized carbons (Fsp3) is 0.483. The topological polar surface area (TPSA) is 96.4 Å². The van der Waals surface area contributed by atoms with Gasteiger partial charge in [0.25, 0.3) is 0 Å². The lowest BCUT2D eigenvalue weighted by Crippen LogP contribution is -2.51. The third-order valence-electron chi connectivity index (χ3n) is 7.46. The zero-order valence-corrected chi connectivity index (χ0v) is 21.6. The highest BCUT2D eigenvalue weighted by atomic mass is 16.6.